The van der Waals surface area contributed by atoms with Crippen molar-refractivity contribution in [2.24, 2.45) is 0 Å². The SMILES string of the molecule is Brc1cccc(OCCCCN2CCCCCC2)c1.O=C(O)C(=O)O. The minimum atomic E-state index is -1.82. The smallest absolute Gasteiger partial charge is 0.414 e. The van der Waals surface area contributed by atoms with Crippen LogP contribution >= 0.6 is 15.9 Å². The van der Waals surface area contributed by atoms with Gasteiger partial charge >= 0.3 is 11.9 Å². The Morgan fingerprint density at radius 3 is 2.24 bits per heavy atom. The number of halogens is 1. The number of rotatable bonds is 6. The van der Waals surface area contributed by atoms with Crippen LogP contribution in [0, 0.1) is 0 Å². The Labute approximate surface area is 156 Å². The maximum absolute atomic E-state index is 9.10. The Morgan fingerprint density at radius 2 is 1.68 bits per heavy atom. The number of nitrogens with zero attached hydrogens (tertiary/aromatic N) is 1. The molecule has 25 heavy (non-hydrogen) atoms. The van der Waals surface area contributed by atoms with Gasteiger partial charge in [0.25, 0.3) is 0 Å². The Kier molecular flexibility index (Phi) is 10.9. The second-order valence-electron chi connectivity index (χ2n) is 5.88. The molecule has 1 aromatic rings. The van der Waals surface area contributed by atoms with Crippen molar-refractivity contribution in [3.05, 3.63) is 28.7 Å². The fourth-order valence-corrected chi connectivity index (χ4v) is 2.92. The zero-order valence-corrected chi connectivity index (χ0v) is 15.9. The van der Waals surface area contributed by atoms with Crippen LogP contribution < -0.4 is 4.74 Å². The Hall–Kier alpha value is -1.60. The van der Waals surface area contributed by atoms with Crippen LogP contribution in [0.1, 0.15) is 38.5 Å². The molecule has 0 saturated carbocycles. The molecule has 0 amide bonds. The number of carboxylic acid groups (broad SMARTS) is 2. The zero-order valence-electron chi connectivity index (χ0n) is 14.3. The predicted octanol–water partition coefficient (Wildman–Crippen LogP) is 3.64. The number of carboxylic acids is 2. The number of aliphatic carboxylic acids is 2. The summed E-state index contributed by atoms with van der Waals surface area (Å²) >= 11 is 3.46. The molecule has 7 heteroatoms. The van der Waals surface area contributed by atoms with Gasteiger partial charge in [-0.3, -0.25) is 0 Å². The third-order valence-corrected chi connectivity index (χ3v) is 4.31. The molecule has 6 nitrogen and oxygen atoms in total. The zero-order chi connectivity index (χ0) is 18.5. The molecule has 0 spiro atoms. The summed E-state index contributed by atoms with van der Waals surface area (Å²) in [4.78, 5) is 20.8. The van der Waals surface area contributed by atoms with Gasteiger partial charge < -0.3 is 19.8 Å². The molecule has 1 aliphatic rings. The lowest BCUT2D eigenvalue weighted by molar-refractivity contribution is -0.159. The molecule has 140 valence electrons. The highest BCUT2D eigenvalue weighted by molar-refractivity contribution is 9.10. The average molecular weight is 416 g/mol. The first-order valence-corrected chi connectivity index (χ1v) is 9.35. The number of ether oxygens (including phenoxy) is 1. The normalized spacial score (nSPS) is 14.8. The van der Waals surface area contributed by atoms with Gasteiger partial charge in [-0.2, -0.15) is 0 Å². The average Bonchev–Trinajstić information content (AvgIpc) is 2.84. The molecular formula is C18H26BrNO5. The van der Waals surface area contributed by atoms with Crippen LogP contribution in [0.3, 0.4) is 0 Å². The molecule has 0 aliphatic carbocycles. The summed E-state index contributed by atoms with van der Waals surface area (Å²) in [5.41, 5.74) is 0. The summed E-state index contributed by atoms with van der Waals surface area (Å²) in [6.07, 6.45) is 7.99. The number of unbranched alkanes of at least 4 members (excludes halogenated alkanes) is 1. The molecular weight excluding hydrogens is 390 g/mol. The highest BCUT2D eigenvalue weighted by Gasteiger charge is 2.08. The van der Waals surface area contributed by atoms with E-state index in [1.807, 2.05) is 24.3 Å². The van der Waals surface area contributed by atoms with Crippen molar-refractivity contribution in [3.63, 3.8) is 0 Å². The van der Waals surface area contributed by atoms with E-state index >= 15 is 0 Å². The van der Waals surface area contributed by atoms with Gasteiger partial charge in [-0.15, -0.1) is 0 Å². The highest BCUT2D eigenvalue weighted by atomic mass is 79.9. The van der Waals surface area contributed by atoms with E-state index in [0.717, 1.165) is 23.2 Å². The quantitative estimate of drug-likeness (QED) is 0.544. The molecule has 1 aliphatic heterocycles. The lowest BCUT2D eigenvalue weighted by Gasteiger charge is -2.19. The maximum Gasteiger partial charge on any atom is 0.414 e. The number of hydrogen-bond acceptors (Lipinski definition) is 4. The van der Waals surface area contributed by atoms with E-state index in [1.54, 1.807) is 0 Å². The van der Waals surface area contributed by atoms with Gasteiger partial charge in [0.15, 0.2) is 0 Å². The van der Waals surface area contributed by atoms with Crippen LogP contribution in [0.5, 0.6) is 5.75 Å². The van der Waals surface area contributed by atoms with Gasteiger partial charge in [0.1, 0.15) is 5.75 Å². The molecule has 0 atom stereocenters. The standard InChI is InChI=1S/C16H24BrNO.C2H2O4/c17-15-8-7-9-16(14-15)19-13-6-5-12-18-10-3-1-2-4-11-18;3-1(4)2(5)6/h7-9,14H,1-6,10-13H2;(H,3,4)(H,5,6). The van der Waals surface area contributed by atoms with E-state index in [4.69, 9.17) is 24.5 Å². The monoisotopic (exact) mass is 415 g/mol. The van der Waals surface area contributed by atoms with Crippen LogP contribution in [-0.2, 0) is 9.59 Å². The summed E-state index contributed by atoms with van der Waals surface area (Å²) < 4.78 is 6.83. The van der Waals surface area contributed by atoms with E-state index in [1.165, 1.54) is 51.7 Å². The first-order valence-electron chi connectivity index (χ1n) is 8.56. The lowest BCUT2D eigenvalue weighted by atomic mass is 10.2. The highest BCUT2D eigenvalue weighted by Crippen LogP contribution is 2.18. The molecule has 0 radical (unpaired) electrons. The van der Waals surface area contributed by atoms with Gasteiger partial charge in [0.2, 0.25) is 0 Å². The van der Waals surface area contributed by atoms with Gasteiger partial charge in [0.05, 0.1) is 6.61 Å². The molecule has 1 aromatic carbocycles. The lowest BCUT2D eigenvalue weighted by Crippen LogP contribution is -2.25. The minimum Gasteiger partial charge on any atom is -0.494 e. The first-order chi connectivity index (χ1) is 12.0. The second kappa shape index (κ2) is 12.7. The molecule has 0 unspecified atom stereocenters. The molecule has 1 saturated heterocycles. The topological polar surface area (TPSA) is 87.1 Å². The fourth-order valence-electron chi connectivity index (χ4n) is 2.54. The van der Waals surface area contributed by atoms with Crippen molar-refractivity contribution in [1.82, 2.24) is 4.90 Å². The van der Waals surface area contributed by atoms with E-state index in [9.17, 15) is 0 Å². The van der Waals surface area contributed by atoms with Gasteiger partial charge in [-0.05, 0) is 63.5 Å². The van der Waals surface area contributed by atoms with E-state index in [2.05, 4.69) is 20.8 Å². The van der Waals surface area contributed by atoms with Crippen LogP contribution in [0.25, 0.3) is 0 Å². The summed E-state index contributed by atoms with van der Waals surface area (Å²) in [6.45, 7) is 4.66. The summed E-state index contributed by atoms with van der Waals surface area (Å²) in [7, 11) is 0. The minimum absolute atomic E-state index is 0.824. The van der Waals surface area contributed by atoms with E-state index in [0.29, 0.717) is 0 Å². The Morgan fingerprint density at radius 1 is 1.04 bits per heavy atom. The van der Waals surface area contributed by atoms with Gasteiger partial charge in [-0.25, -0.2) is 9.59 Å². The van der Waals surface area contributed by atoms with E-state index in [-0.39, 0.29) is 0 Å². The Bertz CT molecular complexity index is 518. The molecule has 2 N–H and O–H groups in total. The van der Waals surface area contributed by atoms with Crippen LogP contribution in [0.2, 0.25) is 0 Å². The summed E-state index contributed by atoms with van der Waals surface area (Å²) in [5, 5.41) is 14.8. The molecule has 1 fully saturated rings. The number of benzene rings is 1. The van der Waals surface area contributed by atoms with Crippen LogP contribution in [0.4, 0.5) is 0 Å². The number of hydrogen-bond donors (Lipinski definition) is 2. The summed E-state index contributed by atoms with van der Waals surface area (Å²) in [6, 6.07) is 8.07. The first kappa shape index (κ1) is 21.4. The second-order valence-corrected chi connectivity index (χ2v) is 6.79. The van der Waals surface area contributed by atoms with Crippen molar-refractivity contribution in [2.45, 2.75) is 38.5 Å². The van der Waals surface area contributed by atoms with Crippen molar-refractivity contribution >= 4 is 27.9 Å². The van der Waals surface area contributed by atoms with E-state index < -0.39 is 11.9 Å². The molecule has 1 heterocycles. The van der Waals surface area contributed by atoms with Crippen molar-refractivity contribution in [3.8, 4) is 5.75 Å². The third-order valence-electron chi connectivity index (χ3n) is 3.82. The largest absolute Gasteiger partial charge is 0.494 e. The van der Waals surface area contributed by atoms with Crippen LogP contribution in [0.15, 0.2) is 28.7 Å². The van der Waals surface area contributed by atoms with Gasteiger partial charge in [0, 0.05) is 4.47 Å². The van der Waals surface area contributed by atoms with Crippen molar-refractivity contribution in [1.29, 1.82) is 0 Å². The molecule has 0 bridgehead atoms. The van der Waals surface area contributed by atoms with Crippen molar-refractivity contribution in [2.75, 3.05) is 26.2 Å². The van der Waals surface area contributed by atoms with Crippen molar-refractivity contribution < 1.29 is 24.5 Å². The summed E-state index contributed by atoms with van der Waals surface area (Å²) in [5.74, 6) is -2.69. The third kappa shape index (κ3) is 10.8. The van der Waals surface area contributed by atoms with Gasteiger partial charge in [-0.1, -0.05) is 34.8 Å². The number of carbonyl (C=O) groups is 2. The Balaban J connectivity index is 0.000000450. The predicted molar refractivity (Wildman–Crippen MR) is 99.1 cm³/mol. The molecule has 2 rings (SSSR count). The molecule has 0 aromatic heterocycles. The maximum atomic E-state index is 9.10. The number of likely N-dealkylation sites (tertiary alicyclic amines) is 1. The van der Waals surface area contributed by atoms with Crippen LogP contribution in [-0.4, -0.2) is 53.3 Å². The fraction of sp³-hybridized carbons (Fsp3) is 0.556.